The van der Waals surface area contributed by atoms with Crippen molar-refractivity contribution in [3.63, 3.8) is 0 Å². The van der Waals surface area contributed by atoms with Gasteiger partial charge in [-0.15, -0.1) is 0 Å². The van der Waals surface area contributed by atoms with Crippen LogP contribution in [0.15, 0.2) is 40.8 Å². The maximum atomic E-state index is 12.4. The summed E-state index contributed by atoms with van der Waals surface area (Å²) >= 11 is 1.59. The molecule has 1 amide bonds. The summed E-state index contributed by atoms with van der Waals surface area (Å²) in [6.45, 7) is 0. The quantitative estimate of drug-likeness (QED) is 0.919. The molecule has 1 heterocycles. The van der Waals surface area contributed by atoms with Crippen LogP contribution in [-0.4, -0.2) is 30.3 Å². The number of carbonyl (C=O) groups excluding carboxylic acids is 1. The Morgan fingerprint density at radius 1 is 1.24 bits per heavy atom. The minimum Gasteiger partial charge on any atom is -0.478 e. The molecule has 0 radical (unpaired) electrons. The van der Waals surface area contributed by atoms with Gasteiger partial charge in [-0.2, -0.15) is 11.8 Å². The van der Waals surface area contributed by atoms with Gasteiger partial charge in [0.15, 0.2) is 5.76 Å². The molecule has 5 nitrogen and oxygen atoms in total. The van der Waals surface area contributed by atoms with Gasteiger partial charge in [0.2, 0.25) is 0 Å². The number of furan rings is 1. The number of thioether (sulfide) groups is 1. The molecule has 1 N–H and O–H groups in total. The van der Waals surface area contributed by atoms with Gasteiger partial charge < -0.3 is 14.4 Å². The minimum atomic E-state index is -1.08. The lowest BCUT2D eigenvalue weighted by Crippen LogP contribution is -2.27. The van der Waals surface area contributed by atoms with Crippen LogP contribution in [0.25, 0.3) is 0 Å². The van der Waals surface area contributed by atoms with Crippen molar-refractivity contribution >= 4 is 29.3 Å². The first-order chi connectivity index (χ1) is 10.0. The van der Waals surface area contributed by atoms with E-state index in [2.05, 4.69) is 0 Å². The van der Waals surface area contributed by atoms with E-state index in [9.17, 15) is 14.7 Å². The largest absolute Gasteiger partial charge is 0.478 e. The molecule has 0 atom stereocenters. The third-order valence-electron chi connectivity index (χ3n) is 2.96. The van der Waals surface area contributed by atoms with Gasteiger partial charge in [0, 0.05) is 7.05 Å². The summed E-state index contributed by atoms with van der Waals surface area (Å²) in [6, 6.07) is 9.71. The van der Waals surface area contributed by atoms with Gasteiger partial charge in [-0.25, -0.2) is 4.79 Å². The van der Waals surface area contributed by atoms with Gasteiger partial charge in [0.05, 0.1) is 17.0 Å². The minimum absolute atomic E-state index is 0.0734. The van der Waals surface area contributed by atoms with Crippen LogP contribution in [-0.2, 0) is 5.75 Å². The summed E-state index contributed by atoms with van der Waals surface area (Å²) in [5, 5.41) is 9.18. The molecule has 21 heavy (non-hydrogen) atoms. The number of carbonyl (C=O) groups is 2. The lowest BCUT2D eigenvalue weighted by atomic mass is 10.1. The normalized spacial score (nSPS) is 10.4. The smallest absolute Gasteiger partial charge is 0.337 e. The molecule has 0 unspecified atom stereocenters. The van der Waals surface area contributed by atoms with E-state index in [1.165, 1.54) is 18.0 Å². The number of carboxylic acids is 1. The molecule has 1 aromatic carbocycles. The fourth-order valence-electron chi connectivity index (χ4n) is 1.93. The maximum absolute atomic E-state index is 12.4. The highest BCUT2D eigenvalue weighted by Gasteiger charge is 2.21. The van der Waals surface area contributed by atoms with Crippen LogP contribution in [0.4, 0.5) is 5.69 Å². The Labute approximate surface area is 126 Å². The third kappa shape index (κ3) is 3.28. The molecule has 0 saturated heterocycles. The number of anilines is 1. The molecular formula is C15H15NO4S. The first kappa shape index (κ1) is 15.2. The Morgan fingerprint density at radius 3 is 2.62 bits per heavy atom. The highest BCUT2D eigenvalue weighted by Crippen LogP contribution is 2.22. The number of benzene rings is 1. The van der Waals surface area contributed by atoms with Crippen LogP contribution in [0.3, 0.4) is 0 Å². The van der Waals surface area contributed by atoms with Gasteiger partial charge in [-0.1, -0.05) is 12.1 Å². The molecule has 1 aromatic heterocycles. The fraction of sp³-hybridized carbons (Fsp3) is 0.200. The second-order valence-corrected chi connectivity index (χ2v) is 5.25. The number of carboxylic acid groups (broad SMARTS) is 1. The molecule has 0 fully saturated rings. The van der Waals surface area contributed by atoms with Gasteiger partial charge >= 0.3 is 5.97 Å². The van der Waals surface area contributed by atoms with Crippen molar-refractivity contribution < 1.29 is 19.1 Å². The van der Waals surface area contributed by atoms with Gasteiger partial charge in [-0.3, -0.25) is 4.79 Å². The van der Waals surface area contributed by atoms with Gasteiger partial charge in [0.25, 0.3) is 5.91 Å². The van der Waals surface area contributed by atoms with Crippen LogP contribution in [0, 0.1) is 0 Å². The second kappa shape index (κ2) is 6.49. The number of hydrogen-bond acceptors (Lipinski definition) is 4. The maximum Gasteiger partial charge on any atom is 0.337 e. The third-order valence-corrected chi connectivity index (χ3v) is 3.53. The lowest BCUT2D eigenvalue weighted by Gasteiger charge is -2.18. The predicted molar refractivity (Wildman–Crippen MR) is 82.1 cm³/mol. The van der Waals surface area contributed by atoms with E-state index in [1.54, 1.807) is 42.1 Å². The van der Waals surface area contributed by atoms with E-state index in [1.807, 2.05) is 6.26 Å². The summed E-state index contributed by atoms with van der Waals surface area (Å²) < 4.78 is 5.47. The van der Waals surface area contributed by atoms with E-state index in [4.69, 9.17) is 4.42 Å². The molecule has 0 saturated carbocycles. The number of para-hydroxylation sites is 1. The molecule has 0 aliphatic carbocycles. The zero-order valence-corrected chi connectivity index (χ0v) is 12.5. The van der Waals surface area contributed by atoms with Gasteiger partial charge in [-0.05, 0) is 30.5 Å². The zero-order valence-electron chi connectivity index (χ0n) is 11.7. The van der Waals surface area contributed by atoms with Crippen molar-refractivity contribution in [1.82, 2.24) is 0 Å². The van der Waals surface area contributed by atoms with Crippen molar-refractivity contribution in [3.05, 3.63) is 53.5 Å². The van der Waals surface area contributed by atoms with Crippen molar-refractivity contribution in [1.29, 1.82) is 0 Å². The summed E-state index contributed by atoms with van der Waals surface area (Å²) in [5.74, 6) is 0.138. The van der Waals surface area contributed by atoms with Crippen LogP contribution in [0.5, 0.6) is 0 Å². The molecule has 0 spiro atoms. The highest BCUT2D eigenvalue weighted by atomic mass is 32.2. The molecule has 110 valence electrons. The summed E-state index contributed by atoms with van der Waals surface area (Å²) in [6.07, 6.45) is 1.94. The molecule has 2 aromatic rings. The number of rotatable bonds is 5. The Hall–Kier alpha value is -2.21. The molecule has 2 rings (SSSR count). The summed E-state index contributed by atoms with van der Waals surface area (Å²) in [7, 11) is 1.53. The average Bonchev–Trinajstić information content (AvgIpc) is 2.94. The molecule has 0 aliphatic heterocycles. The Kier molecular flexibility index (Phi) is 4.70. The SMILES string of the molecule is CSCc1ccc(C(=O)N(C)c2ccccc2C(=O)O)o1. The summed E-state index contributed by atoms with van der Waals surface area (Å²) in [4.78, 5) is 24.9. The standard InChI is InChI=1S/C15H15NO4S/c1-16(12-6-4-3-5-11(12)15(18)19)14(17)13-8-7-10(20-13)9-21-2/h3-8H,9H2,1-2H3,(H,18,19). The Bertz CT molecular complexity index is 665. The number of amides is 1. The molecule has 6 heteroatoms. The topological polar surface area (TPSA) is 70.8 Å². The van der Waals surface area contributed by atoms with Crippen LogP contribution in [0.1, 0.15) is 26.7 Å². The van der Waals surface area contributed by atoms with E-state index < -0.39 is 5.97 Å². The van der Waals surface area contributed by atoms with E-state index in [-0.39, 0.29) is 17.2 Å². The fourth-order valence-corrected chi connectivity index (χ4v) is 2.37. The number of hydrogen-bond donors (Lipinski definition) is 1. The first-order valence-electron chi connectivity index (χ1n) is 6.22. The number of nitrogens with zero attached hydrogens (tertiary/aromatic N) is 1. The van der Waals surface area contributed by atoms with Crippen LogP contribution in [0.2, 0.25) is 0 Å². The van der Waals surface area contributed by atoms with Crippen molar-refractivity contribution in [2.75, 3.05) is 18.2 Å². The Balaban J connectivity index is 2.28. The average molecular weight is 305 g/mol. The van der Waals surface area contributed by atoms with Gasteiger partial charge in [0.1, 0.15) is 5.76 Å². The van der Waals surface area contributed by atoms with Crippen LogP contribution >= 0.6 is 11.8 Å². The Morgan fingerprint density at radius 2 is 1.95 bits per heavy atom. The van der Waals surface area contributed by atoms with E-state index in [0.717, 1.165) is 0 Å². The monoisotopic (exact) mass is 305 g/mol. The first-order valence-corrected chi connectivity index (χ1v) is 7.62. The molecule has 0 aliphatic rings. The van der Waals surface area contributed by atoms with Crippen LogP contribution < -0.4 is 4.90 Å². The van der Waals surface area contributed by atoms with Crippen molar-refractivity contribution in [2.24, 2.45) is 0 Å². The number of aromatic carboxylic acids is 1. The zero-order chi connectivity index (χ0) is 15.4. The predicted octanol–water partition coefficient (Wildman–Crippen LogP) is 3.12. The molecular weight excluding hydrogens is 290 g/mol. The van der Waals surface area contributed by atoms with E-state index in [0.29, 0.717) is 17.2 Å². The van der Waals surface area contributed by atoms with E-state index >= 15 is 0 Å². The molecule has 0 bridgehead atoms. The van der Waals surface area contributed by atoms with Crippen molar-refractivity contribution in [3.8, 4) is 0 Å². The highest BCUT2D eigenvalue weighted by molar-refractivity contribution is 7.97. The second-order valence-electron chi connectivity index (χ2n) is 4.39. The van der Waals surface area contributed by atoms with Crippen molar-refractivity contribution in [2.45, 2.75) is 5.75 Å². The lowest BCUT2D eigenvalue weighted by molar-refractivity contribution is 0.0697. The summed E-state index contributed by atoms with van der Waals surface area (Å²) in [5.41, 5.74) is 0.405.